The zero-order chi connectivity index (χ0) is 15.2. The Morgan fingerprint density at radius 3 is 2.62 bits per heavy atom. The molecule has 0 aliphatic heterocycles. The van der Waals surface area contributed by atoms with E-state index in [1.165, 1.54) is 0 Å². The molecule has 0 unspecified atom stereocenters. The van der Waals surface area contributed by atoms with Crippen molar-refractivity contribution >= 4 is 29.1 Å². The van der Waals surface area contributed by atoms with Crippen LogP contribution < -0.4 is 10.1 Å². The fourth-order valence-electron chi connectivity index (χ4n) is 1.86. The molecule has 0 fully saturated rings. The van der Waals surface area contributed by atoms with Crippen LogP contribution in [0, 0.1) is 0 Å². The van der Waals surface area contributed by atoms with Gasteiger partial charge in [-0.1, -0.05) is 41.4 Å². The molecule has 1 N–H and O–H groups in total. The standard InChI is InChI=1S/C16H15Cl2NO2/c1-2-21-15-6-4-3-5-12(15)10-19-16(20)11-7-8-13(17)14(18)9-11/h3-9H,2,10H2,1H3,(H,19,20). The predicted octanol–water partition coefficient (Wildman–Crippen LogP) is 4.32. The number of amides is 1. The summed E-state index contributed by atoms with van der Waals surface area (Å²) in [6.45, 7) is 2.89. The van der Waals surface area contributed by atoms with E-state index in [0.29, 0.717) is 28.8 Å². The van der Waals surface area contributed by atoms with Crippen molar-refractivity contribution in [1.82, 2.24) is 5.32 Å². The predicted molar refractivity (Wildman–Crippen MR) is 85.2 cm³/mol. The van der Waals surface area contributed by atoms with Gasteiger partial charge < -0.3 is 10.1 Å². The van der Waals surface area contributed by atoms with Crippen LogP contribution in [0.3, 0.4) is 0 Å². The minimum absolute atomic E-state index is 0.208. The van der Waals surface area contributed by atoms with Crippen LogP contribution in [0.1, 0.15) is 22.8 Å². The molecule has 0 saturated heterocycles. The van der Waals surface area contributed by atoms with E-state index in [-0.39, 0.29) is 5.91 Å². The van der Waals surface area contributed by atoms with Crippen LogP contribution in [0.15, 0.2) is 42.5 Å². The molecule has 2 rings (SSSR count). The lowest BCUT2D eigenvalue weighted by Gasteiger charge is -2.11. The third-order valence-electron chi connectivity index (χ3n) is 2.89. The highest BCUT2D eigenvalue weighted by Gasteiger charge is 2.09. The number of para-hydroxylation sites is 1. The first-order valence-corrected chi connectivity index (χ1v) is 7.31. The first-order chi connectivity index (χ1) is 10.1. The van der Waals surface area contributed by atoms with Gasteiger partial charge in [0.05, 0.1) is 16.7 Å². The molecular weight excluding hydrogens is 309 g/mol. The Morgan fingerprint density at radius 1 is 1.14 bits per heavy atom. The lowest BCUT2D eigenvalue weighted by Crippen LogP contribution is -2.23. The summed E-state index contributed by atoms with van der Waals surface area (Å²) in [7, 11) is 0. The molecular formula is C16H15Cl2NO2. The summed E-state index contributed by atoms with van der Waals surface area (Å²) in [5.74, 6) is 0.564. The van der Waals surface area contributed by atoms with Gasteiger partial charge in [0.15, 0.2) is 0 Å². The normalized spacial score (nSPS) is 10.2. The molecule has 5 heteroatoms. The van der Waals surface area contributed by atoms with Crippen LogP contribution in [0.5, 0.6) is 5.75 Å². The molecule has 0 aliphatic rings. The summed E-state index contributed by atoms with van der Waals surface area (Å²) in [4.78, 5) is 12.1. The largest absolute Gasteiger partial charge is 0.494 e. The molecule has 0 spiro atoms. The minimum Gasteiger partial charge on any atom is -0.494 e. The maximum Gasteiger partial charge on any atom is 0.251 e. The molecule has 0 saturated carbocycles. The quantitative estimate of drug-likeness (QED) is 0.889. The molecule has 110 valence electrons. The smallest absolute Gasteiger partial charge is 0.251 e. The van der Waals surface area contributed by atoms with Gasteiger partial charge in [0.2, 0.25) is 0 Å². The van der Waals surface area contributed by atoms with E-state index >= 15 is 0 Å². The lowest BCUT2D eigenvalue weighted by molar-refractivity contribution is 0.0950. The van der Waals surface area contributed by atoms with Crippen LogP contribution in [-0.2, 0) is 6.54 Å². The number of halogens is 2. The first kappa shape index (κ1) is 15.7. The van der Waals surface area contributed by atoms with Gasteiger partial charge in [0.25, 0.3) is 5.91 Å². The number of rotatable bonds is 5. The maximum atomic E-state index is 12.1. The molecule has 21 heavy (non-hydrogen) atoms. The van der Waals surface area contributed by atoms with Gasteiger partial charge in [0, 0.05) is 17.7 Å². The highest BCUT2D eigenvalue weighted by atomic mass is 35.5. The third-order valence-corrected chi connectivity index (χ3v) is 3.63. The molecule has 2 aromatic rings. The van der Waals surface area contributed by atoms with Crippen molar-refractivity contribution in [2.45, 2.75) is 13.5 Å². The third kappa shape index (κ3) is 4.13. The molecule has 1 amide bonds. The summed E-state index contributed by atoms with van der Waals surface area (Å²) in [5, 5.41) is 3.63. The summed E-state index contributed by atoms with van der Waals surface area (Å²) in [6.07, 6.45) is 0. The van der Waals surface area contributed by atoms with E-state index in [0.717, 1.165) is 11.3 Å². The average Bonchev–Trinajstić information content (AvgIpc) is 2.49. The zero-order valence-corrected chi connectivity index (χ0v) is 13.0. The van der Waals surface area contributed by atoms with Gasteiger partial charge in [-0.2, -0.15) is 0 Å². The number of carbonyl (C=O) groups is 1. The Balaban J connectivity index is 2.05. The molecule has 2 aromatic carbocycles. The molecule has 0 radical (unpaired) electrons. The summed E-state index contributed by atoms with van der Waals surface area (Å²) in [6, 6.07) is 12.4. The first-order valence-electron chi connectivity index (χ1n) is 6.55. The van der Waals surface area contributed by atoms with E-state index in [1.54, 1.807) is 18.2 Å². The van der Waals surface area contributed by atoms with Crippen LogP contribution in [0.4, 0.5) is 0 Å². The SMILES string of the molecule is CCOc1ccccc1CNC(=O)c1ccc(Cl)c(Cl)c1. The molecule has 0 heterocycles. The fraction of sp³-hybridized carbons (Fsp3) is 0.188. The van der Waals surface area contributed by atoms with Gasteiger partial charge >= 0.3 is 0 Å². The van der Waals surface area contributed by atoms with Gasteiger partial charge in [0.1, 0.15) is 5.75 Å². The number of hydrogen-bond acceptors (Lipinski definition) is 2. The summed E-state index contributed by atoms with van der Waals surface area (Å²) < 4.78 is 5.52. The molecule has 3 nitrogen and oxygen atoms in total. The van der Waals surface area contributed by atoms with Crippen molar-refractivity contribution in [2.24, 2.45) is 0 Å². The topological polar surface area (TPSA) is 38.3 Å². The number of ether oxygens (including phenoxy) is 1. The van der Waals surface area contributed by atoms with Crippen molar-refractivity contribution in [3.63, 3.8) is 0 Å². The number of hydrogen-bond donors (Lipinski definition) is 1. The molecule has 0 atom stereocenters. The zero-order valence-electron chi connectivity index (χ0n) is 11.5. The summed E-state index contributed by atoms with van der Waals surface area (Å²) >= 11 is 11.7. The highest BCUT2D eigenvalue weighted by Crippen LogP contribution is 2.23. The van der Waals surface area contributed by atoms with E-state index < -0.39 is 0 Å². The van der Waals surface area contributed by atoms with Crippen molar-refractivity contribution in [3.8, 4) is 5.75 Å². The highest BCUT2D eigenvalue weighted by molar-refractivity contribution is 6.42. The number of nitrogens with one attached hydrogen (secondary N) is 1. The second kappa shape index (κ2) is 7.34. The van der Waals surface area contributed by atoms with Crippen LogP contribution in [-0.4, -0.2) is 12.5 Å². The van der Waals surface area contributed by atoms with E-state index in [2.05, 4.69) is 5.32 Å². The summed E-state index contributed by atoms with van der Waals surface area (Å²) in [5.41, 5.74) is 1.39. The number of carbonyl (C=O) groups excluding carboxylic acids is 1. The Kier molecular flexibility index (Phi) is 5.48. The second-order valence-electron chi connectivity index (χ2n) is 4.35. The van der Waals surface area contributed by atoms with Crippen LogP contribution in [0.25, 0.3) is 0 Å². The van der Waals surface area contributed by atoms with Crippen LogP contribution >= 0.6 is 23.2 Å². The monoisotopic (exact) mass is 323 g/mol. The fourth-order valence-corrected chi connectivity index (χ4v) is 2.16. The van der Waals surface area contributed by atoms with E-state index in [1.807, 2.05) is 31.2 Å². The Bertz CT molecular complexity index is 644. The Hall–Kier alpha value is -1.71. The lowest BCUT2D eigenvalue weighted by atomic mass is 10.1. The molecule has 0 aliphatic carbocycles. The molecule has 0 bridgehead atoms. The van der Waals surface area contributed by atoms with Gasteiger partial charge in [-0.15, -0.1) is 0 Å². The van der Waals surface area contributed by atoms with Gasteiger partial charge in [-0.25, -0.2) is 0 Å². The van der Waals surface area contributed by atoms with Crippen LogP contribution in [0.2, 0.25) is 10.0 Å². The van der Waals surface area contributed by atoms with Crippen molar-refractivity contribution in [2.75, 3.05) is 6.61 Å². The van der Waals surface area contributed by atoms with Crippen molar-refractivity contribution < 1.29 is 9.53 Å². The maximum absolute atomic E-state index is 12.1. The average molecular weight is 324 g/mol. The van der Waals surface area contributed by atoms with Crippen molar-refractivity contribution in [1.29, 1.82) is 0 Å². The Morgan fingerprint density at radius 2 is 1.90 bits per heavy atom. The van der Waals surface area contributed by atoms with Gasteiger partial charge in [-0.3, -0.25) is 4.79 Å². The van der Waals surface area contributed by atoms with Crippen molar-refractivity contribution in [3.05, 3.63) is 63.6 Å². The Labute approximate surface area is 133 Å². The van der Waals surface area contributed by atoms with Gasteiger partial charge in [-0.05, 0) is 31.2 Å². The van der Waals surface area contributed by atoms with E-state index in [4.69, 9.17) is 27.9 Å². The molecule has 0 aromatic heterocycles. The second-order valence-corrected chi connectivity index (χ2v) is 5.17. The minimum atomic E-state index is -0.208. The van der Waals surface area contributed by atoms with E-state index in [9.17, 15) is 4.79 Å². The number of benzene rings is 2.